The number of halogens is 1. The fraction of sp³-hybridized carbons (Fsp3) is 0.364. The van der Waals surface area contributed by atoms with Crippen LogP contribution in [0.2, 0.25) is 0 Å². The maximum atomic E-state index is 12.8. The van der Waals surface area contributed by atoms with E-state index in [1.54, 1.807) is 4.90 Å². The molecule has 4 rings (SSSR count). The van der Waals surface area contributed by atoms with Crippen LogP contribution in [-0.4, -0.2) is 36.5 Å². The Morgan fingerprint density at radius 1 is 1.03 bits per heavy atom. The predicted molar refractivity (Wildman–Crippen MR) is 115 cm³/mol. The van der Waals surface area contributed by atoms with Crippen LogP contribution in [-0.2, 0) is 4.79 Å². The van der Waals surface area contributed by atoms with Crippen molar-refractivity contribution in [3.63, 3.8) is 0 Å². The van der Waals surface area contributed by atoms with Gasteiger partial charge in [-0.2, -0.15) is 0 Å². The number of piperidine rings is 1. The van der Waals surface area contributed by atoms with Crippen LogP contribution in [0, 0.1) is 5.92 Å². The van der Waals surface area contributed by atoms with Gasteiger partial charge in [0.05, 0.1) is 12.6 Å². The number of nitrogens with one attached hydrogen (secondary N) is 2. The summed E-state index contributed by atoms with van der Waals surface area (Å²) in [6.07, 6.45) is 2.10. The highest BCUT2D eigenvalue weighted by atomic mass is 79.9. The van der Waals surface area contributed by atoms with Crippen LogP contribution in [0.3, 0.4) is 0 Å². The molecule has 1 unspecified atom stereocenters. The molecule has 2 N–H and O–H groups in total. The van der Waals surface area contributed by atoms with E-state index in [1.165, 1.54) is 0 Å². The lowest BCUT2D eigenvalue weighted by Gasteiger charge is -2.33. The van der Waals surface area contributed by atoms with Gasteiger partial charge in [-0.25, -0.2) is 4.79 Å². The van der Waals surface area contributed by atoms with Crippen LogP contribution in [0.5, 0.6) is 5.75 Å². The summed E-state index contributed by atoms with van der Waals surface area (Å²) in [6.45, 7) is 1.75. The van der Waals surface area contributed by atoms with Gasteiger partial charge in [0, 0.05) is 41.2 Å². The van der Waals surface area contributed by atoms with Crippen molar-refractivity contribution in [1.82, 2.24) is 10.2 Å². The number of hydrogen-bond donors (Lipinski definition) is 2. The van der Waals surface area contributed by atoms with Crippen molar-refractivity contribution in [2.24, 2.45) is 5.92 Å². The van der Waals surface area contributed by atoms with Crippen LogP contribution in [0.15, 0.2) is 53.0 Å². The highest BCUT2D eigenvalue weighted by Gasteiger charge is 2.30. The third kappa shape index (κ3) is 4.72. The van der Waals surface area contributed by atoms with Crippen LogP contribution >= 0.6 is 15.9 Å². The summed E-state index contributed by atoms with van der Waals surface area (Å²) >= 11 is 3.49. The van der Waals surface area contributed by atoms with Crippen molar-refractivity contribution in [3.8, 4) is 5.75 Å². The number of para-hydroxylation sites is 1. The van der Waals surface area contributed by atoms with Gasteiger partial charge in [-0.15, -0.1) is 0 Å². The minimum Gasteiger partial charge on any atom is -0.493 e. The maximum Gasteiger partial charge on any atom is 0.321 e. The molecule has 2 aromatic rings. The number of nitrogens with zero attached hydrogens (tertiary/aromatic N) is 1. The van der Waals surface area contributed by atoms with E-state index in [0.29, 0.717) is 32.5 Å². The first kappa shape index (κ1) is 19.8. The van der Waals surface area contributed by atoms with Crippen LogP contribution in [0.25, 0.3) is 0 Å². The molecule has 2 heterocycles. The van der Waals surface area contributed by atoms with Crippen LogP contribution < -0.4 is 15.4 Å². The number of hydrogen-bond acceptors (Lipinski definition) is 3. The number of fused-ring (bicyclic) bond motifs is 1. The van der Waals surface area contributed by atoms with Gasteiger partial charge in [0.25, 0.3) is 0 Å². The smallest absolute Gasteiger partial charge is 0.321 e. The molecular weight excluding hydrogens is 434 g/mol. The second kappa shape index (κ2) is 8.86. The molecule has 6 nitrogen and oxygen atoms in total. The molecule has 0 bridgehead atoms. The van der Waals surface area contributed by atoms with Gasteiger partial charge in [0.1, 0.15) is 5.75 Å². The second-order valence-corrected chi connectivity index (χ2v) is 8.35. The molecule has 0 radical (unpaired) electrons. The molecule has 0 aliphatic carbocycles. The first-order chi connectivity index (χ1) is 14.1. The largest absolute Gasteiger partial charge is 0.493 e. The standard InChI is InChI=1S/C22H24BrN3O3/c23-16-6-7-20-18(14-16)19(10-13-29-20)25-21(27)15-8-11-26(12-9-15)22(28)24-17-4-2-1-3-5-17/h1-7,14-15,19H,8-13H2,(H,24,28)(H,25,27). The van der Waals surface area contributed by atoms with Gasteiger partial charge in [-0.05, 0) is 43.2 Å². The monoisotopic (exact) mass is 457 g/mol. The topological polar surface area (TPSA) is 70.7 Å². The van der Waals surface area contributed by atoms with E-state index in [2.05, 4.69) is 26.6 Å². The predicted octanol–water partition coefficient (Wildman–Crippen LogP) is 4.33. The normalized spacial score (nSPS) is 19.1. The number of amides is 3. The zero-order chi connectivity index (χ0) is 20.2. The molecule has 7 heteroatoms. The number of anilines is 1. The quantitative estimate of drug-likeness (QED) is 0.720. The fourth-order valence-electron chi connectivity index (χ4n) is 3.87. The number of benzene rings is 2. The third-order valence-electron chi connectivity index (χ3n) is 5.51. The molecule has 0 saturated carbocycles. The zero-order valence-electron chi connectivity index (χ0n) is 16.1. The van der Waals surface area contributed by atoms with E-state index in [0.717, 1.165) is 27.9 Å². The molecule has 152 valence electrons. The molecule has 2 aromatic carbocycles. The summed E-state index contributed by atoms with van der Waals surface area (Å²) < 4.78 is 6.67. The number of carbonyl (C=O) groups is 2. The van der Waals surface area contributed by atoms with E-state index in [1.807, 2.05) is 48.5 Å². The summed E-state index contributed by atoms with van der Waals surface area (Å²) in [5.41, 5.74) is 1.79. The van der Waals surface area contributed by atoms with E-state index in [4.69, 9.17) is 4.74 Å². The fourth-order valence-corrected chi connectivity index (χ4v) is 4.25. The molecule has 2 aliphatic heterocycles. The molecule has 1 saturated heterocycles. The van der Waals surface area contributed by atoms with Crippen molar-refractivity contribution in [3.05, 3.63) is 58.6 Å². The molecule has 3 amide bonds. The summed E-state index contributed by atoms with van der Waals surface area (Å²) in [7, 11) is 0. The summed E-state index contributed by atoms with van der Waals surface area (Å²) in [4.78, 5) is 27.0. The average Bonchev–Trinajstić information content (AvgIpc) is 2.75. The van der Waals surface area contributed by atoms with Crippen LogP contribution in [0.1, 0.15) is 30.9 Å². The van der Waals surface area contributed by atoms with Gasteiger partial charge in [-0.3, -0.25) is 4.79 Å². The number of carbonyl (C=O) groups excluding carboxylic acids is 2. The minimum atomic E-state index is -0.113. The van der Waals surface area contributed by atoms with Crippen molar-refractivity contribution in [2.75, 3.05) is 25.0 Å². The first-order valence-corrected chi connectivity index (χ1v) is 10.7. The summed E-state index contributed by atoms with van der Waals surface area (Å²) in [5, 5.41) is 6.10. The zero-order valence-corrected chi connectivity index (χ0v) is 17.7. The molecule has 1 atom stereocenters. The maximum absolute atomic E-state index is 12.8. The van der Waals surface area contributed by atoms with Crippen molar-refractivity contribution >= 4 is 33.6 Å². The molecule has 0 spiro atoms. The molecule has 2 aliphatic rings. The Hall–Kier alpha value is -2.54. The Bertz CT molecular complexity index is 882. The summed E-state index contributed by atoms with van der Waals surface area (Å²) in [6, 6.07) is 15.1. The third-order valence-corrected chi connectivity index (χ3v) is 6.00. The highest BCUT2D eigenvalue weighted by molar-refractivity contribution is 9.10. The second-order valence-electron chi connectivity index (χ2n) is 7.44. The first-order valence-electron chi connectivity index (χ1n) is 9.94. The molecule has 29 heavy (non-hydrogen) atoms. The number of ether oxygens (including phenoxy) is 1. The van der Waals surface area contributed by atoms with E-state index in [-0.39, 0.29) is 23.9 Å². The highest BCUT2D eigenvalue weighted by Crippen LogP contribution is 2.34. The Labute approximate surface area is 178 Å². The number of likely N-dealkylation sites (tertiary alicyclic amines) is 1. The Balaban J connectivity index is 1.31. The van der Waals surface area contributed by atoms with Gasteiger partial charge in [0.2, 0.25) is 5.91 Å². The van der Waals surface area contributed by atoms with Crippen molar-refractivity contribution < 1.29 is 14.3 Å². The molecule has 0 aromatic heterocycles. The average molecular weight is 458 g/mol. The van der Waals surface area contributed by atoms with E-state index >= 15 is 0 Å². The summed E-state index contributed by atoms with van der Waals surface area (Å²) in [5.74, 6) is 0.817. The lowest BCUT2D eigenvalue weighted by molar-refractivity contribution is -0.127. The minimum absolute atomic E-state index is 0.0387. The Morgan fingerprint density at radius 3 is 2.55 bits per heavy atom. The van der Waals surface area contributed by atoms with Gasteiger partial charge in [-0.1, -0.05) is 34.1 Å². The van der Waals surface area contributed by atoms with Crippen LogP contribution in [0.4, 0.5) is 10.5 Å². The van der Waals surface area contributed by atoms with Crippen molar-refractivity contribution in [1.29, 1.82) is 0 Å². The lowest BCUT2D eigenvalue weighted by Crippen LogP contribution is -2.45. The van der Waals surface area contributed by atoms with Gasteiger partial charge in [0.15, 0.2) is 0 Å². The van der Waals surface area contributed by atoms with Gasteiger partial charge >= 0.3 is 6.03 Å². The Morgan fingerprint density at radius 2 is 1.79 bits per heavy atom. The molecule has 1 fully saturated rings. The van der Waals surface area contributed by atoms with E-state index < -0.39 is 0 Å². The van der Waals surface area contributed by atoms with Gasteiger partial charge < -0.3 is 20.3 Å². The molecular formula is C22H24BrN3O3. The number of rotatable bonds is 3. The number of urea groups is 1. The lowest BCUT2D eigenvalue weighted by atomic mass is 9.94. The SMILES string of the molecule is O=C(NC1CCOc2ccc(Br)cc21)C1CCN(C(=O)Nc2ccccc2)CC1. The van der Waals surface area contributed by atoms with Crippen molar-refractivity contribution in [2.45, 2.75) is 25.3 Å². The van der Waals surface area contributed by atoms with E-state index in [9.17, 15) is 9.59 Å². The Kier molecular flexibility index (Phi) is 6.04.